The maximum Gasteiger partial charge on any atom is 0.333 e. The molecule has 0 spiro atoms. The van der Waals surface area contributed by atoms with E-state index in [-0.39, 0.29) is 74.6 Å². The number of carbonyl (C=O) groups excluding carboxylic acids is 6. The molecule has 4 amide bonds. The fourth-order valence-corrected chi connectivity index (χ4v) is 4.54. The van der Waals surface area contributed by atoms with Crippen LogP contribution in [0.5, 0.6) is 5.75 Å². The van der Waals surface area contributed by atoms with Crippen LogP contribution in [-0.4, -0.2) is 102 Å². The van der Waals surface area contributed by atoms with Crippen LogP contribution in [0.1, 0.15) is 72.3 Å². The molecule has 17 nitrogen and oxygen atoms in total. The van der Waals surface area contributed by atoms with Gasteiger partial charge in [0.25, 0.3) is 0 Å². The number of hydrogen-bond donors (Lipinski definition) is 6. The number of ketones is 1. The van der Waals surface area contributed by atoms with Crippen molar-refractivity contribution in [2.45, 2.75) is 97.9 Å². The van der Waals surface area contributed by atoms with Crippen LogP contribution in [0.25, 0.3) is 0 Å². The topological polar surface area (TPSA) is 245 Å². The van der Waals surface area contributed by atoms with Gasteiger partial charge < -0.3 is 50.4 Å². The normalized spacial score (nSPS) is 17.6. The molecule has 0 bridgehead atoms. The second kappa shape index (κ2) is 21.6. The minimum Gasteiger partial charge on any atom is -0.479 e. The number of rotatable bonds is 21. The van der Waals surface area contributed by atoms with Gasteiger partial charge in [-0.15, -0.1) is 0 Å². The molecular weight excluding hydrogens is 672 g/mol. The first-order chi connectivity index (χ1) is 24.1. The van der Waals surface area contributed by atoms with Gasteiger partial charge in [-0.3, -0.25) is 28.8 Å². The highest BCUT2D eigenvalue weighted by molar-refractivity contribution is 5.97. The fourth-order valence-electron chi connectivity index (χ4n) is 4.54. The third-order valence-corrected chi connectivity index (χ3v) is 7.50. The van der Waals surface area contributed by atoms with E-state index in [4.69, 9.17) is 18.9 Å². The standard InChI is InChI=1S/C34H50N4O13/c1-6-22(39)9-11-48-12-10-27(41)35-16-29(43)38-31(19(2)3)32(44)36-17-28(42)37-24-8-7-21(18-49-34(47)20(4)5)13-25(24)50-30-15-23(40)14-26(51-30)33(45)46/h7-8,13,19-20,23,26,30-31,40H,6,9-12,14-18H2,1-5H3,(H,35,41)(H,36,44)(H,37,42)(H,38,43)(H,45,46). The van der Waals surface area contributed by atoms with Crippen molar-refractivity contribution in [1.29, 1.82) is 0 Å². The van der Waals surface area contributed by atoms with E-state index >= 15 is 0 Å². The molecule has 0 radical (unpaired) electrons. The minimum atomic E-state index is -1.32. The number of carbonyl (C=O) groups is 7. The second-order valence-electron chi connectivity index (χ2n) is 12.6. The van der Waals surface area contributed by atoms with E-state index in [1.165, 1.54) is 12.1 Å². The highest BCUT2D eigenvalue weighted by Crippen LogP contribution is 2.31. The van der Waals surface area contributed by atoms with E-state index in [1.54, 1.807) is 40.7 Å². The van der Waals surface area contributed by atoms with Crippen LogP contribution in [0, 0.1) is 11.8 Å². The van der Waals surface area contributed by atoms with Gasteiger partial charge in [0.2, 0.25) is 29.9 Å². The Balaban J connectivity index is 1.98. The molecule has 0 aliphatic carbocycles. The van der Waals surface area contributed by atoms with Crippen LogP contribution in [0.4, 0.5) is 5.69 Å². The zero-order valence-corrected chi connectivity index (χ0v) is 29.7. The third kappa shape index (κ3) is 15.9. The summed E-state index contributed by atoms with van der Waals surface area (Å²) in [6.45, 7) is 7.75. The number of aliphatic carboxylic acids is 1. The predicted octanol–water partition coefficient (Wildman–Crippen LogP) is 0.803. The number of ether oxygens (including phenoxy) is 4. The van der Waals surface area contributed by atoms with Gasteiger partial charge in [0, 0.05) is 32.1 Å². The maximum absolute atomic E-state index is 13.0. The summed E-state index contributed by atoms with van der Waals surface area (Å²) >= 11 is 0. The Kier molecular flexibility index (Phi) is 18.0. The van der Waals surface area contributed by atoms with Crippen LogP contribution < -0.4 is 26.0 Å². The molecule has 4 atom stereocenters. The van der Waals surface area contributed by atoms with Crippen LogP contribution in [-0.2, 0) is 54.4 Å². The van der Waals surface area contributed by atoms with Crippen molar-refractivity contribution in [3.63, 3.8) is 0 Å². The van der Waals surface area contributed by atoms with Gasteiger partial charge in [-0.05, 0) is 23.6 Å². The molecule has 284 valence electrons. The number of anilines is 1. The Hall–Kier alpha value is -4.61. The Morgan fingerprint density at radius 2 is 1.61 bits per heavy atom. The van der Waals surface area contributed by atoms with Gasteiger partial charge in [-0.25, -0.2) is 4.79 Å². The Morgan fingerprint density at radius 1 is 0.922 bits per heavy atom. The van der Waals surface area contributed by atoms with Crippen molar-refractivity contribution < 1.29 is 62.7 Å². The minimum absolute atomic E-state index is 0.0175. The molecule has 51 heavy (non-hydrogen) atoms. The number of carboxylic acid groups (broad SMARTS) is 1. The lowest BCUT2D eigenvalue weighted by molar-refractivity contribution is -0.195. The highest BCUT2D eigenvalue weighted by Gasteiger charge is 2.34. The number of nitrogens with one attached hydrogen (secondary N) is 4. The fraction of sp³-hybridized carbons (Fsp3) is 0.618. The first kappa shape index (κ1) is 42.6. The Bertz CT molecular complexity index is 1380. The lowest BCUT2D eigenvalue weighted by Gasteiger charge is -2.31. The van der Waals surface area contributed by atoms with Crippen molar-refractivity contribution in [1.82, 2.24) is 16.0 Å². The van der Waals surface area contributed by atoms with Gasteiger partial charge in [0.1, 0.15) is 24.2 Å². The number of amides is 4. The van der Waals surface area contributed by atoms with Crippen LogP contribution in [0.3, 0.4) is 0 Å². The summed E-state index contributed by atoms with van der Waals surface area (Å²) in [4.78, 5) is 85.2. The molecular formula is C34H50N4O13. The van der Waals surface area contributed by atoms with Crippen molar-refractivity contribution in [2.24, 2.45) is 11.8 Å². The lowest BCUT2D eigenvalue weighted by atomic mass is 10.0. The summed E-state index contributed by atoms with van der Waals surface area (Å²) in [5.74, 6) is -4.79. The van der Waals surface area contributed by atoms with E-state index in [0.717, 1.165) is 0 Å². The molecule has 2 rings (SSSR count). The van der Waals surface area contributed by atoms with Gasteiger partial charge in [-0.1, -0.05) is 40.7 Å². The van der Waals surface area contributed by atoms with E-state index in [1.807, 2.05) is 0 Å². The molecule has 1 aromatic carbocycles. The maximum atomic E-state index is 13.0. The second-order valence-corrected chi connectivity index (χ2v) is 12.6. The molecule has 6 N–H and O–H groups in total. The zero-order valence-electron chi connectivity index (χ0n) is 29.7. The third-order valence-electron chi connectivity index (χ3n) is 7.50. The number of aliphatic hydroxyl groups excluding tert-OH is 1. The van der Waals surface area contributed by atoms with Gasteiger partial charge in [0.05, 0.1) is 44.0 Å². The molecule has 4 unspecified atom stereocenters. The SMILES string of the molecule is CCC(=O)CCOCCC(=O)NCC(=O)NC(C(=O)NCC(=O)Nc1ccc(COC(=O)C(C)C)cc1OC1CC(O)CC(C(=O)O)O1)C(C)C. The first-order valence-electron chi connectivity index (χ1n) is 16.8. The van der Waals surface area contributed by atoms with Gasteiger partial charge >= 0.3 is 11.9 Å². The van der Waals surface area contributed by atoms with Crippen LogP contribution >= 0.6 is 0 Å². The van der Waals surface area contributed by atoms with Crippen molar-refractivity contribution in [3.05, 3.63) is 23.8 Å². The van der Waals surface area contributed by atoms with Crippen LogP contribution in [0.2, 0.25) is 0 Å². The summed E-state index contributed by atoms with van der Waals surface area (Å²) in [5.41, 5.74) is 0.601. The van der Waals surface area contributed by atoms with E-state index in [0.29, 0.717) is 12.0 Å². The van der Waals surface area contributed by atoms with Crippen molar-refractivity contribution >= 4 is 47.0 Å². The number of hydrogen-bond acceptors (Lipinski definition) is 12. The Morgan fingerprint density at radius 3 is 2.25 bits per heavy atom. The van der Waals surface area contributed by atoms with E-state index in [9.17, 15) is 43.8 Å². The van der Waals surface area contributed by atoms with Crippen molar-refractivity contribution in [3.8, 4) is 5.75 Å². The summed E-state index contributed by atoms with van der Waals surface area (Å²) in [5, 5.41) is 29.6. The van der Waals surface area contributed by atoms with Gasteiger partial charge in [-0.2, -0.15) is 0 Å². The smallest absolute Gasteiger partial charge is 0.333 e. The summed E-state index contributed by atoms with van der Waals surface area (Å²) in [6, 6.07) is 3.46. The molecule has 1 aliphatic rings. The monoisotopic (exact) mass is 722 g/mol. The number of benzene rings is 1. The number of Topliss-reactive ketones (excluding diaryl/α,β-unsaturated/α-hetero) is 1. The zero-order chi connectivity index (χ0) is 38.1. The van der Waals surface area contributed by atoms with Gasteiger partial charge in [0.15, 0.2) is 6.10 Å². The molecule has 1 saturated heterocycles. The van der Waals surface area contributed by atoms with Crippen molar-refractivity contribution in [2.75, 3.05) is 31.6 Å². The van der Waals surface area contributed by atoms with Crippen LogP contribution in [0.15, 0.2) is 18.2 Å². The lowest BCUT2D eigenvalue weighted by Crippen LogP contribution is -2.52. The first-order valence-corrected chi connectivity index (χ1v) is 16.8. The molecule has 1 fully saturated rings. The predicted molar refractivity (Wildman–Crippen MR) is 180 cm³/mol. The number of carboxylic acids is 1. The quantitative estimate of drug-likeness (QED) is 0.0761. The summed E-state index contributed by atoms with van der Waals surface area (Å²) in [6.07, 6.45) is -3.05. The molecule has 1 aromatic rings. The highest BCUT2D eigenvalue weighted by atomic mass is 16.7. The largest absolute Gasteiger partial charge is 0.479 e. The van der Waals surface area contributed by atoms with E-state index in [2.05, 4.69) is 21.3 Å². The molecule has 17 heteroatoms. The average Bonchev–Trinajstić information content (AvgIpc) is 3.07. The summed E-state index contributed by atoms with van der Waals surface area (Å²) in [7, 11) is 0. The van der Waals surface area contributed by atoms with E-state index < -0.39 is 73.2 Å². The molecule has 1 heterocycles. The molecule has 0 saturated carbocycles. The number of esters is 1. The molecule has 0 aromatic heterocycles. The Labute approximate surface area is 296 Å². The number of aliphatic hydroxyl groups is 1. The average molecular weight is 723 g/mol. The molecule has 1 aliphatic heterocycles. The summed E-state index contributed by atoms with van der Waals surface area (Å²) < 4.78 is 21.9.